The van der Waals surface area contributed by atoms with Crippen LogP contribution in [-0.2, 0) is 6.54 Å². The quantitative estimate of drug-likeness (QED) is 0.645. The fraction of sp³-hybridized carbons (Fsp3) is 0.500. The molecule has 1 aliphatic rings. The molecule has 0 amide bonds. The third-order valence-corrected chi connectivity index (χ3v) is 4.52. The van der Waals surface area contributed by atoms with E-state index in [1.807, 2.05) is 6.07 Å². The maximum Gasteiger partial charge on any atom is 0.223 e. The first-order valence-corrected chi connectivity index (χ1v) is 8.60. The van der Waals surface area contributed by atoms with E-state index in [0.29, 0.717) is 24.2 Å². The Hall–Kier alpha value is -2.77. The lowest BCUT2D eigenvalue weighted by Crippen LogP contribution is -2.39. The van der Waals surface area contributed by atoms with Crippen LogP contribution in [0.1, 0.15) is 29.6 Å². The summed E-state index contributed by atoms with van der Waals surface area (Å²) in [6.45, 7) is 4.06. The lowest BCUT2D eigenvalue weighted by atomic mass is 9.98. The van der Waals surface area contributed by atoms with Gasteiger partial charge in [0.05, 0.1) is 20.8 Å². The van der Waals surface area contributed by atoms with E-state index in [1.165, 1.54) is 5.56 Å². The van der Waals surface area contributed by atoms with Crippen molar-refractivity contribution in [2.45, 2.75) is 25.8 Å². The van der Waals surface area contributed by atoms with Crippen LogP contribution in [0.4, 0.5) is 0 Å². The molecule has 0 aliphatic carbocycles. The lowest BCUT2D eigenvalue weighted by Gasteiger charge is -2.21. The van der Waals surface area contributed by atoms with Gasteiger partial charge in [0.15, 0.2) is 11.8 Å². The topological polar surface area (TPSA) is 85.0 Å². The molecule has 2 heterocycles. The minimum atomic E-state index is 0.393. The first kappa shape index (κ1) is 18.0. The molecule has 0 radical (unpaired) electrons. The minimum absolute atomic E-state index is 0.393. The number of guanidine groups is 1. The summed E-state index contributed by atoms with van der Waals surface area (Å²) in [6, 6.07) is 6.05. The van der Waals surface area contributed by atoms with Crippen LogP contribution in [0, 0.1) is 6.92 Å². The van der Waals surface area contributed by atoms with E-state index in [9.17, 15) is 0 Å². The number of nitrogens with one attached hydrogen (secondary N) is 1. The van der Waals surface area contributed by atoms with Crippen molar-refractivity contribution in [2.75, 3.05) is 34.4 Å². The number of ether oxygens (including phenoxy) is 2. The number of nitrogens with zero attached hydrogens (tertiary/aromatic N) is 4. The minimum Gasteiger partial charge on any atom is -0.497 e. The smallest absolute Gasteiger partial charge is 0.223 e. The van der Waals surface area contributed by atoms with Crippen molar-refractivity contribution in [1.29, 1.82) is 0 Å². The third kappa shape index (κ3) is 4.07. The monoisotopic (exact) mass is 359 g/mol. The molecular formula is C18H25N5O3. The molecule has 1 atom stereocenters. The van der Waals surface area contributed by atoms with Gasteiger partial charge in [0, 0.05) is 39.0 Å². The Kier molecular flexibility index (Phi) is 5.60. The Morgan fingerprint density at radius 2 is 2.04 bits per heavy atom. The zero-order valence-electron chi connectivity index (χ0n) is 15.7. The van der Waals surface area contributed by atoms with E-state index in [0.717, 1.165) is 37.0 Å². The molecule has 1 saturated heterocycles. The highest BCUT2D eigenvalue weighted by atomic mass is 16.5. The second kappa shape index (κ2) is 8.07. The van der Waals surface area contributed by atoms with E-state index in [1.54, 1.807) is 28.2 Å². The van der Waals surface area contributed by atoms with E-state index < -0.39 is 0 Å². The summed E-state index contributed by atoms with van der Waals surface area (Å²) in [7, 11) is 5.13. The van der Waals surface area contributed by atoms with Crippen LogP contribution in [0.5, 0.6) is 11.5 Å². The molecule has 0 spiro atoms. The van der Waals surface area contributed by atoms with Gasteiger partial charge >= 0.3 is 0 Å². The van der Waals surface area contributed by atoms with Crippen molar-refractivity contribution in [3.63, 3.8) is 0 Å². The molecule has 1 aromatic heterocycles. The number of likely N-dealkylation sites (tertiary alicyclic amines) is 1. The fourth-order valence-corrected chi connectivity index (χ4v) is 3.19. The molecule has 140 valence electrons. The van der Waals surface area contributed by atoms with Crippen molar-refractivity contribution in [3.8, 4) is 11.5 Å². The van der Waals surface area contributed by atoms with Crippen molar-refractivity contribution >= 4 is 5.96 Å². The maximum absolute atomic E-state index is 5.39. The maximum atomic E-state index is 5.39. The molecule has 3 rings (SSSR count). The molecule has 1 N–H and O–H groups in total. The average molecular weight is 359 g/mol. The zero-order chi connectivity index (χ0) is 18.5. The lowest BCUT2D eigenvalue weighted by molar-refractivity contribution is 0.386. The number of aliphatic imine (C=N–C) groups is 1. The van der Waals surface area contributed by atoms with Gasteiger partial charge in [0.1, 0.15) is 11.5 Å². The number of aromatic nitrogens is 2. The summed E-state index contributed by atoms with van der Waals surface area (Å²) >= 11 is 0. The van der Waals surface area contributed by atoms with Crippen molar-refractivity contribution in [3.05, 3.63) is 35.5 Å². The van der Waals surface area contributed by atoms with Gasteiger partial charge in [-0.3, -0.25) is 4.99 Å². The van der Waals surface area contributed by atoms with E-state index in [4.69, 9.17) is 14.0 Å². The molecule has 0 saturated carbocycles. The zero-order valence-corrected chi connectivity index (χ0v) is 15.7. The normalized spacial score (nSPS) is 17.5. The summed E-state index contributed by atoms with van der Waals surface area (Å²) in [5.74, 6) is 4.04. The molecule has 1 unspecified atom stereocenters. The second-order valence-corrected chi connectivity index (χ2v) is 6.21. The van der Waals surface area contributed by atoms with Gasteiger partial charge < -0.3 is 24.2 Å². The molecule has 1 aliphatic heterocycles. The second-order valence-electron chi connectivity index (χ2n) is 6.21. The summed E-state index contributed by atoms with van der Waals surface area (Å²) in [6.07, 6.45) is 1.04. The van der Waals surface area contributed by atoms with Crippen molar-refractivity contribution in [1.82, 2.24) is 20.4 Å². The molecule has 2 aromatic rings. The van der Waals surface area contributed by atoms with Crippen molar-refractivity contribution in [2.24, 2.45) is 4.99 Å². The van der Waals surface area contributed by atoms with Gasteiger partial charge in [-0.05, 0) is 24.1 Å². The third-order valence-electron chi connectivity index (χ3n) is 4.52. The Balaban J connectivity index is 1.65. The standard InChI is InChI=1S/C18H25N5O3/c1-12-21-17(22-26-12)10-20-18(19-2)23-6-5-13(11-23)14-7-15(24-3)9-16(8-14)25-4/h7-9,13H,5-6,10-11H2,1-4H3,(H,19,20). The highest BCUT2D eigenvalue weighted by Gasteiger charge is 2.27. The molecular weight excluding hydrogens is 334 g/mol. The Morgan fingerprint density at radius 3 is 2.62 bits per heavy atom. The van der Waals surface area contributed by atoms with Crippen LogP contribution in [-0.4, -0.2) is 55.4 Å². The SMILES string of the molecule is CN=C(NCc1noc(C)n1)N1CCC(c2cc(OC)cc(OC)c2)C1. The van der Waals surface area contributed by atoms with Crippen LogP contribution in [0.15, 0.2) is 27.7 Å². The molecule has 8 nitrogen and oxygen atoms in total. The number of rotatable bonds is 5. The summed E-state index contributed by atoms with van der Waals surface area (Å²) < 4.78 is 15.8. The first-order valence-electron chi connectivity index (χ1n) is 8.60. The molecule has 1 fully saturated rings. The highest BCUT2D eigenvalue weighted by Crippen LogP contribution is 2.32. The number of methoxy groups -OCH3 is 2. The summed E-state index contributed by atoms with van der Waals surface area (Å²) in [5.41, 5.74) is 1.22. The number of hydrogen-bond donors (Lipinski definition) is 1. The first-order chi connectivity index (χ1) is 12.6. The van der Waals surface area contributed by atoms with Gasteiger partial charge in [-0.15, -0.1) is 0 Å². The number of benzene rings is 1. The molecule has 8 heteroatoms. The Labute approximate surface area is 153 Å². The van der Waals surface area contributed by atoms with E-state index >= 15 is 0 Å². The fourth-order valence-electron chi connectivity index (χ4n) is 3.19. The van der Waals surface area contributed by atoms with Gasteiger partial charge in [-0.2, -0.15) is 4.98 Å². The largest absolute Gasteiger partial charge is 0.497 e. The molecule has 0 bridgehead atoms. The van der Waals surface area contributed by atoms with Gasteiger partial charge in [-0.1, -0.05) is 5.16 Å². The number of aryl methyl sites for hydroxylation is 1. The van der Waals surface area contributed by atoms with Crippen LogP contribution in [0.3, 0.4) is 0 Å². The van der Waals surface area contributed by atoms with E-state index in [2.05, 4.69) is 37.5 Å². The number of hydrogen-bond acceptors (Lipinski definition) is 6. The predicted octanol–water partition coefficient (Wildman–Crippen LogP) is 1.96. The van der Waals surface area contributed by atoms with Crippen LogP contribution in [0.25, 0.3) is 0 Å². The Bertz CT molecular complexity index is 752. The summed E-state index contributed by atoms with van der Waals surface area (Å²) in [4.78, 5) is 10.8. The van der Waals surface area contributed by atoms with Crippen LogP contribution >= 0.6 is 0 Å². The average Bonchev–Trinajstić information content (AvgIpc) is 3.31. The van der Waals surface area contributed by atoms with Gasteiger partial charge in [-0.25, -0.2) is 0 Å². The van der Waals surface area contributed by atoms with Crippen LogP contribution in [0.2, 0.25) is 0 Å². The predicted molar refractivity (Wildman–Crippen MR) is 97.7 cm³/mol. The van der Waals surface area contributed by atoms with Gasteiger partial charge in [0.25, 0.3) is 0 Å². The highest BCUT2D eigenvalue weighted by molar-refractivity contribution is 5.80. The molecule has 1 aromatic carbocycles. The van der Waals surface area contributed by atoms with E-state index in [-0.39, 0.29) is 0 Å². The summed E-state index contributed by atoms with van der Waals surface area (Å²) in [5, 5.41) is 7.20. The van der Waals surface area contributed by atoms with Crippen molar-refractivity contribution < 1.29 is 14.0 Å². The van der Waals surface area contributed by atoms with Gasteiger partial charge in [0.2, 0.25) is 5.89 Å². The molecule has 26 heavy (non-hydrogen) atoms. The van der Waals surface area contributed by atoms with Crippen LogP contribution < -0.4 is 14.8 Å². The Morgan fingerprint density at radius 1 is 1.31 bits per heavy atom.